The molecule has 1 aliphatic rings. The van der Waals surface area contributed by atoms with Crippen LogP contribution in [0.2, 0.25) is 0 Å². The zero-order valence-corrected chi connectivity index (χ0v) is 22.4. The van der Waals surface area contributed by atoms with Crippen LogP contribution in [0.3, 0.4) is 0 Å². The third-order valence-corrected chi connectivity index (χ3v) is 7.69. The molecular weight excluding hydrogens is 493 g/mol. The monoisotopic (exact) mass is 523 g/mol. The summed E-state index contributed by atoms with van der Waals surface area (Å²) in [5.41, 5.74) is 3.66. The smallest absolute Gasteiger partial charge is 0.274 e. The number of H-pyrrole nitrogens is 1. The summed E-state index contributed by atoms with van der Waals surface area (Å²) >= 11 is 0. The summed E-state index contributed by atoms with van der Waals surface area (Å²) in [6.07, 6.45) is 1.77. The van der Waals surface area contributed by atoms with Crippen molar-refractivity contribution in [2.24, 2.45) is 0 Å². The minimum atomic E-state index is -0.663. The first-order chi connectivity index (χ1) is 18.6. The number of amides is 1. The molecule has 2 aromatic heterocycles. The third kappa shape index (κ3) is 4.21. The highest BCUT2D eigenvalue weighted by molar-refractivity contribution is 5.97. The summed E-state index contributed by atoms with van der Waals surface area (Å²) in [4.78, 5) is 32.3. The average molecular weight is 524 g/mol. The number of nitrogens with one attached hydrogen (secondary N) is 2. The van der Waals surface area contributed by atoms with Gasteiger partial charge < -0.3 is 15.2 Å². The lowest BCUT2D eigenvalue weighted by Crippen LogP contribution is -2.66. The highest BCUT2D eigenvalue weighted by Crippen LogP contribution is 2.33. The van der Waals surface area contributed by atoms with Gasteiger partial charge in [-0.25, -0.2) is 8.91 Å². The predicted molar refractivity (Wildman–Crippen MR) is 151 cm³/mol. The lowest BCUT2D eigenvalue weighted by atomic mass is 9.82. The third-order valence-electron chi connectivity index (χ3n) is 7.69. The molecule has 198 valence electrons. The van der Waals surface area contributed by atoms with Gasteiger partial charge in [0.15, 0.2) is 5.69 Å². The molecule has 6 rings (SSSR count). The second kappa shape index (κ2) is 9.17. The quantitative estimate of drug-likeness (QED) is 0.340. The van der Waals surface area contributed by atoms with Crippen LogP contribution >= 0.6 is 0 Å². The van der Waals surface area contributed by atoms with E-state index in [9.17, 15) is 14.0 Å². The minimum absolute atomic E-state index is 0.121. The molecule has 0 atom stereocenters. The van der Waals surface area contributed by atoms with Crippen molar-refractivity contribution in [2.75, 3.05) is 20.1 Å². The summed E-state index contributed by atoms with van der Waals surface area (Å²) in [5.74, 6) is -0.807. The van der Waals surface area contributed by atoms with Crippen molar-refractivity contribution in [2.45, 2.75) is 32.2 Å². The number of nitrogens with zero attached hydrogens (tertiary/aromatic N) is 3. The summed E-state index contributed by atoms with van der Waals surface area (Å²) in [6.45, 7) is 7.12. The zero-order chi connectivity index (χ0) is 27.5. The molecule has 5 aromatic rings. The molecule has 7 nitrogen and oxygen atoms in total. The van der Waals surface area contributed by atoms with Crippen LogP contribution in [0.1, 0.15) is 46.9 Å². The largest absolute Gasteiger partial charge is 0.338 e. The van der Waals surface area contributed by atoms with Crippen molar-refractivity contribution >= 4 is 22.2 Å². The van der Waals surface area contributed by atoms with E-state index in [-0.39, 0.29) is 28.9 Å². The fourth-order valence-electron chi connectivity index (χ4n) is 5.82. The van der Waals surface area contributed by atoms with Gasteiger partial charge in [0.25, 0.3) is 11.5 Å². The van der Waals surface area contributed by atoms with Crippen LogP contribution in [0.15, 0.2) is 71.7 Å². The second-order valence-corrected chi connectivity index (χ2v) is 10.9. The molecule has 8 heteroatoms. The number of rotatable bonds is 5. The minimum Gasteiger partial charge on any atom is -0.338 e. The van der Waals surface area contributed by atoms with Crippen molar-refractivity contribution in [3.63, 3.8) is 0 Å². The number of hydrogen-bond donors (Lipinski definition) is 2. The van der Waals surface area contributed by atoms with Crippen LogP contribution in [-0.2, 0) is 5.54 Å². The van der Waals surface area contributed by atoms with Gasteiger partial charge in [-0.2, -0.15) is 5.10 Å². The summed E-state index contributed by atoms with van der Waals surface area (Å²) in [6, 6.07) is 18.4. The lowest BCUT2D eigenvalue weighted by molar-refractivity contribution is 0.0507. The lowest BCUT2D eigenvalue weighted by Gasteiger charge is -2.49. The second-order valence-electron chi connectivity index (χ2n) is 10.9. The van der Waals surface area contributed by atoms with Crippen molar-refractivity contribution in [3.8, 4) is 11.3 Å². The van der Waals surface area contributed by atoms with Gasteiger partial charge in [-0.15, -0.1) is 0 Å². The maximum atomic E-state index is 13.8. The van der Waals surface area contributed by atoms with Gasteiger partial charge in [0, 0.05) is 24.2 Å². The van der Waals surface area contributed by atoms with E-state index in [1.807, 2.05) is 39.1 Å². The van der Waals surface area contributed by atoms with Crippen LogP contribution in [0.4, 0.5) is 4.39 Å². The van der Waals surface area contributed by atoms with E-state index in [0.717, 1.165) is 27.5 Å². The Morgan fingerprint density at radius 2 is 1.85 bits per heavy atom. The van der Waals surface area contributed by atoms with E-state index in [1.54, 1.807) is 18.3 Å². The summed E-state index contributed by atoms with van der Waals surface area (Å²) in [5, 5.41) is 10.0. The number of carbonyl (C=O) groups excluding carboxylic acids is 1. The Balaban J connectivity index is 1.43. The van der Waals surface area contributed by atoms with Gasteiger partial charge in [-0.1, -0.05) is 56.3 Å². The van der Waals surface area contributed by atoms with Crippen LogP contribution in [0, 0.1) is 12.7 Å². The van der Waals surface area contributed by atoms with Crippen LogP contribution in [0.5, 0.6) is 0 Å². The molecule has 0 unspecified atom stereocenters. The Labute approximate surface area is 225 Å². The molecule has 1 aliphatic heterocycles. The Morgan fingerprint density at radius 3 is 2.54 bits per heavy atom. The molecule has 3 heterocycles. The number of hydrogen-bond acceptors (Lipinski definition) is 4. The van der Waals surface area contributed by atoms with Crippen molar-refractivity contribution in [1.82, 2.24) is 24.8 Å². The molecule has 3 aromatic carbocycles. The van der Waals surface area contributed by atoms with E-state index in [0.29, 0.717) is 29.9 Å². The number of benzene rings is 3. The predicted octanol–water partition coefficient (Wildman–Crippen LogP) is 4.98. The van der Waals surface area contributed by atoms with E-state index < -0.39 is 5.54 Å². The summed E-state index contributed by atoms with van der Waals surface area (Å²) in [7, 11) is 1.97. The average Bonchev–Trinajstić information content (AvgIpc) is 3.29. The van der Waals surface area contributed by atoms with Gasteiger partial charge in [0.2, 0.25) is 0 Å². The molecule has 0 radical (unpaired) electrons. The van der Waals surface area contributed by atoms with Crippen molar-refractivity contribution in [1.29, 1.82) is 0 Å². The standard InChI is InChI=1S/C31H30FN5O2/c1-18(2)26-27(29(38)34-31(16-36(4)17-31)22-10-12-23(32)13-11-22)35-37-15-25(33-30(39)28(26)37)21-9-8-20-7-5-6-19(3)24(20)14-21/h5-15,18H,16-17H2,1-4H3,(H,33,39)(H,34,38). The van der Waals surface area contributed by atoms with Gasteiger partial charge in [0.05, 0.1) is 17.4 Å². The Hall–Kier alpha value is -4.30. The SMILES string of the molecule is Cc1cccc2ccc(-c3cn4nc(C(=O)NC5(c6ccc(F)cc6)CN(C)C5)c(C(C)C)c4c(=O)[nH]3)cc12. The van der Waals surface area contributed by atoms with Crippen LogP contribution in [0.25, 0.3) is 27.5 Å². The molecule has 0 spiro atoms. The Kier molecular flexibility index (Phi) is 5.88. The van der Waals surface area contributed by atoms with Crippen LogP contribution < -0.4 is 10.9 Å². The van der Waals surface area contributed by atoms with E-state index in [4.69, 9.17) is 0 Å². The van der Waals surface area contributed by atoms with Gasteiger partial charge in [-0.05, 0) is 60.0 Å². The van der Waals surface area contributed by atoms with Gasteiger partial charge in [0.1, 0.15) is 11.3 Å². The number of likely N-dealkylation sites (tertiary alicyclic amines) is 1. The molecule has 0 aliphatic carbocycles. The fourth-order valence-corrected chi connectivity index (χ4v) is 5.82. The van der Waals surface area contributed by atoms with Gasteiger partial charge >= 0.3 is 0 Å². The molecule has 1 saturated heterocycles. The Morgan fingerprint density at radius 1 is 1.10 bits per heavy atom. The number of aromatic amines is 1. The van der Waals surface area contributed by atoms with E-state index in [2.05, 4.69) is 45.4 Å². The maximum absolute atomic E-state index is 13.8. The maximum Gasteiger partial charge on any atom is 0.274 e. The number of likely N-dealkylation sites (N-methyl/N-ethyl adjacent to an activating group) is 1. The zero-order valence-electron chi connectivity index (χ0n) is 22.4. The Bertz CT molecular complexity index is 1800. The normalized spacial score (nSPS) is 15.1. The number of fused-ring (bicyclic) bond motifs is 2. The number of aromatic nitrogens is 3. The summed E-state index contributed by atoms with van der Waals surface area (Å²) < 4.78 is 15.1. The number of halogens is 1. The van der Waals surface area contributed by atoms with Crippen LogP contribution in [-0.4, -0.2) is 45.5 Å². The molecule has 1 fully saturated rings. The molecular formula is C31H30FN5O2. The molecule has 2 N–H and O–H groups in total. The highest BCUT2D eigenvalue weighted by Gasteiger charge is 2.44. The first-order valence-corrected chi connectivity index (χ1v) is 13.1. The first kappa shape index (κ1) is 25.0. The van der Waals surface area contributed by atoms with Crippen molar-refractivity contribution < 1.29 is 9.18 Å². The topological polar surface area (TPSA) is 82.5 Å². The number of aryl methyl sites for hydroxylation is 1. The molecule has 0 bridgehead atoms. The molecule has 39 heavy (non-hydrogen) atoms. The first-order valence-electron chi connectivity index (χ1n) is 13.1. The number of carbonyl (C=O) groups is 1. The van der Waals surface area contributed by atoms with E-state index in [1.165, 1.54) is 16.6 Å². The molecule has 0 saturated carbocycles. The fraction of sp³-hybridized carbons (Fsp3) is 0.258. The van der Waals surface area contributed by atoms with E-state index >= 15 is 0 Å². The van der Waals surface area contributed by atoms with Crippen molar-refractivity contribution in [3.05, 3.63) is 105 Å². The molecule has 1 amide bonds. The highest BCUT2D eigenvalue weighted by atomic mass is 19.1. The van der Waals surface area contributed by atoms with Gasteiger partial charge in [-0.3, -0.25) is 9.59 Å².